The highest BCUT2D eigenvalue weighted by Gasteiger charge is 2.38. The van der Waals surface area contributed by atoms with Gasteiger partial charge in [0, 0.05) is 11.3 Å². The van der Waals surface area contributed by atoms with Crippen LogP contribution in [0.3, 0.4) is 0 Å². The third-order valence-electron chi connectivity index (χ3n) is 3.23. The number of nitrogens with zero attached hydrogens (tertiary/aromatic N) is 1. The molecule has 2 rings (SSSR count). The third-order valence-corrected chi connectivity index (χ3v) is 3.23. The summed E-state index contributed by atoms with van der Waals surface area (Å²) in [6, 6.07) is 10.5. The lowest BCUT2D eigenvalue weighted by atomic mass is 10.1. The lowest BCUT2D eigenvalue weighted by molar-refractivity contribution is -0.167. The van der Waals surface area contributed by atoms with Crippen LogP contribution in [0.4, 0.5) is 23.2 Å². The van der Waals surface area contributed by atoms with Crippen molar-refractivity contribution in [3.63, 3.8) is 0 Å². The Morgan fingerprint density at radius 1 is 1.00 bits per heavy atom. The molecule has 0 aliphatic rings. The molecule has 5 nitrogen and oxygen atoms in total. The van der Waals surface area contributed by atoms with Gasteiger partial charge in [-0.15, -0.1) is 0 Å². The molecular weight excluding hydrogens is 354 g/mol. The average molecular weight is 367 g/mol. The molecule has 0 heterocycles. The lowest BCUT2D eigenvalue weighted by Gasteiger charge is -2.08. The van der Waals surface area contributed by atoms with Crippen LogP contribution in [0.1, 0.15) is 22.8 Å². The molecule has 0 fully saturated rings. The topological polar surface area (TPSA) is 70.6 Å². The maximum atomic E-state index is 13.1. The van der Waals surface area contributed by atoms with Crippen molar-refractivity contribution in [1.29, 1.82) is 0 Å². The van der Waals surface area contributed by atoms with E-state index in [9.17, 15) is 27.2 Å². The monoisotopic (exact) mass is 367 g/mol. The largest absolute Gasteiger partial charge is 0.471 e. The van der Waals surface area contributed by atoms with Crippen molar-refractivity contribution < 1.29 is 27.2 Å². The minimum atomic E-state index is -4.97. The third kappa shape index (κ3) is 5.13. The molecular formula is C17H13F4N3O2. The number of halogens is 4. The first-order chi connectivity index (χ1) is 12.2. The van der Waals surface area contributed by atoms with E-state index in [-0.39, 0.29) is 11.3 Å². The number of nitrogens with one attached hydrogen (secondary N) is 2. The molecule has 2 aromatic carbocycles. The van der Waals surface area contributed by atoms with Gasteiger partial charge in [-0.05, 0) is 42.8 Å². The number of carbonyl (C=O) groups excluding carboxylic acids is 2. The fourth-order valence-corrected chi connectivity index (χ4v) is 1.89. The Bertz CT molecular complexity index is 846. The number of hydrazone groups is 1. The molecule has 0 spiro atoms. The number of hydrogen-bond acceptors (Lipinski definition) is 3. The van der Waals surface area contributed by atoms with Crippen LogP contribution in [0.15, 0.2) is 53.6 Å². The van der Waals surface area contributed by atoms with E-state index in [2.05, 4.69) is 10.5 Å². The average Bonchev–Trinajstić information content (AvgIpc) is 2.59. The van der Waals surface area contributed by atoms with E-state index in [4.69, 9.17) is 0 Å². The van der Waals surface area contributed by atoms with Crippen LogP contribution in [0.2, 0.25) is 0 Å². The molecule has 0 saturated carbocycles. The van der Waals surface area contributed by atoms with Gasteiger partial charge >= 0.3 is 12.1 Å². The highest BCUT2D eigenvalue weighted by molar-refractivity contribution is 6.01. The quantitative estimate of drug-likeness (QED) is 0.493. The first-order valence-electron chi connectivity index (χ1n) is 7.25. The summed E-state index contributed by atoms with van der Waals surface area (Å²) >= 11 is 0. The van der Waals surface area contributed by atoms with E-state index in [1.807, 2.05) is 0 Å². The summed E-state index contributed by atoms with van der Waals surface area (Å²) in [5.41, 5.74) is 3.18. The van der Waals surface area contributed by atoms with Crippen molar-refractivity contribution in [2.75, 3.05) is 5.32 Å². The molecule has 26 heavy (non-hydrogen) atoms. The van der Waals surface area contributed by atoms with Gasteiger partial charge in [0.25, 0.3) is 5.91 Å². The van der Waals surface area contributed by atoms with Crippen molar-refractivity contribution in [2.24, 2.45) is 5.10 Å². The first-order valence-corrected chi connectivity index (χ1v) is 7.25. The van der Waals surface area contributed by atoms with Gasteiger partial charge in [0.15, 0.2) is 0 Å². The van der Waals surface area contributed by atoms with Gasteiger partial charge < -0.3 is 5.32 Å². The zero-order valence-corrected chi connectivity index (χ0v) is 13.4. The highest BCUT2D eigenvalue weighted by Crippen LogP contribution is 2.18. The van der Waals surface area contributed by atoms with Crippen LogP contribution >= 0.6 is 0 Å². The van der Waals surface area contributed by atoms with Crippen molar-refractivity contribution in [1.82, 2.24) is 5.43 Å². The van der Waals surface area contributed by atoms with E-state index in [1.54, 1.807) is 12.2 Å². The molecule has 0 atom stereocenters. The zero-order chi connectivity index (χ0) is 19.3. The van der Waals surface area contributed by atoms with Crippen molar-refractivity contribution >= 4 is 23.2 Å². The highest BCUT2D eigenvalue weighted by atomic mass is 19.4. The Labute approximate surface area is 145 Å². The van der Waals surface area contributed by atoms with E-state index in [0.29, 0.717) is 11.3 Å². The van der Waals surface area contributed by atoms with Gasteiger partial charge in [0.05, 0.1) is 5.71 Å². The predicted molar refractivity (Wildman–Crippen MR) is 87.2 cm³/mol. The van der Waals surface area contributed by atoms with Crippen molar-refractivity contribution in [3.05, 3.63) is 65.5 Å². The van der Waals surface area contributed by atoms with Crippen LogP contribution in [0, 0.1) is 5.82 Å². The summed E-state index contributed by atoms with van der Waals surface area (Å²) in [6.45, 7) is 1.56. The Hall–Kier alpha value is -3.23. The minimum Gasteiger partial charge on any atom is -0.318 e. The van der Waals surface area contributed by atoms with Crippen LogP contribution < -0.4 is 10.7 Å². The maximum absolute atomic E-state index is 13.1. The molecule has 0 saturated heterocycles. The molecule has 0 bridgehead atoms. The molecule has 136 valence electrons. The predicted octanol–water partition coefficient (Wildman–Crippen LogP) is 3.48. The first kappa shape index (κ1) is 19.1. The Morgan fingerprint density at radius 2 is 1.65 bits per heavy atom. The molecule has 2 aromatic rings. The number of alkyl halides is 3. The number of rotatable bonds is 4. The number of benzene rings is 2. The Balaban J connectivity index is 2.03. The second-order valence-corrected chi connectivity index (χ2v) is 5.18. The van der Waals surface area contributed by atoms with Crippen LogP contribution in [-0.4, -0.2) is 23.7 Å². The van der Waals surface area contributed by atoms with Gasteiger partial charge in [-0.1, -0.05) is 18.2 Å². The molecule has 2 N–H and O–H groups in total. The smallest absolute Gasteiger partial charge is 0.318 e. The standard InChI is InChI=1S/C17H13F4N3O2/c1-10(23-24-15(25)12-3-2-4-13(18)9-12)11-5-7-14(8-6-11)22-16(26)17(19,20)21/h2-9H,1H3,(H,22,26)(H,24,25)/b23-10+. The molecule has 2 amide bonds. The van der Waals surface area contributed by atoms with Gasteiger partial charge in [0.2, 0.25) is 0 Å². The van der Waals surface area contributed by atoms with Gasteiger partial charge in [-0.3, -0.25) is 9.59 Å². The van der Waals surface area contributed by atoms with E-state index in [0.717, 1.165) is 6.07 Å². The summed E-state index contributed by atoms with van der Waals surface area (Å²) in [5, 5.41) is 5.57. The normalized spacial score (nSPS) is 11.8. The van der Waals surface area contributed by atoms with E-state index in [1.165, 1.54) is 42.5 Å². The second kappa shape index (κ2) is 7.77. The minimum absolute atomic E-state index is 0.0346. The maximum Gasteiger partial charge on any atom is 0.471 e. The van der Waals surface area contributed by atoms with E-state index < -0.39 is 23.8 Å². The molecule has 0 aromatic heterocycles. The fraction of sp³-hybridized carbons (Fsp3) is 0.118. The van der Waals surface area contributed by atoms with Crippen LogP contribution in [0.5, 0.6) is 0 Å². The molecule has 0 aliphatic carbocycles. The van der Waals surface area contributed by atoms with Crippen molar-refractivity contribution in [3.8, 4) is 0 Å². The van der Waals surface area contributed by atoms with Gasteiger partial charge in [-0.25, -0.2) is 9.82 Å². The SMILES string of the molecule is C/C(=N\NC(=O)c1cccc(F)c1)c1ccc(NC(=O)C(F)(F)F)cc1. The molecule has 0 radical (unpaired) electrons. The number of amides is 2. The van der Waals surface area contributed by atoms with Crippen LogP contribution in [-0.2, 0) is 4.79 Å². The number of carbonyl (C=O) groups is 2. The van der Waals surface area contributed by atoms with Crippen LogP contribution in [0.25, 0.3) is 0 Å². The lowest BCUT2D eigenvalue weighted by Crippen LogP contribution is -2.29. The summed E-state index contributed by atoms with van der Waals surface area (Å²) in [4.78, 5) is 22.7. The molecule has 0 unspecified atom stereocenters. The Morgan fingerprint density at radius 3 is 2.23 bits per heavy atom. The van der Waals surface area contributed by atoms with Crippen molar-refractivity contribution in [2.45, 2.75) is 13.1 Å². The van der Waals surface area contributed by atoms with Gasteiger partial charge in [0.1, 0.15) is 5.82 Å². The molecule has 0 aliphatic heterocycles. The second-order valence-electron chi connectivity index (χ2n) is 5.18. The molecule has 9 heteroatoms. The fourth-order valence-electron chi connectivity index (χ4n) is 1.89. The zero-order valence-electron chi connectivity index (χ0n) is 13.4. The summed E-state index contributed by atoms with van der Waals surface area (Å²) in [6.07, 6.45) is -4.97. The van der Waals surface area contributed by atoms with E-state index >= 15 is 0 Å². The Kier molecular flexibility index (Phi) is 5.71. The number of anilines is 1. The summed E-state index contributed by atoms with van der Waals surface area (Å²) in [5.74, 6) is -3.24. The number of hydrogen-bond donors (Lipinski definition) is 2. The summed E-state index contributed by atoms with van der Waals surface area (Å²) in [7, 11) is 0. The van der Waals surface area contributed by atoms with Gasteiger partial charge in [-0.2, -0.15) is 18.3 Å². The summed E-state index contributed by atoms with van der Waals surface area (Å²) < 4.78 is 49.6.